The molecule has 2 N–H and O–H groups in total. The van der Waals surface area contributed by atoms with E-state index in [0.717, 1.165) is 54.3 Å². The Hall–Kier alpha value is -3.26. The molecule has 0 unspecified atom stereocenters. The number of benzene rings is 1. The van der Waals surface area contributed by atoms with E-state index in [1.54, 1.807) is 12.3 Å². The summed E-state index contributed by atoms with van der Waals surface area (Å²) >= 11 is 0. The Morgan fingerprint density at radius 1 is 1.10 bits per heavy atom. The van der Waals surface area contributed by atoms with Crippen LogP contribution < -0.4 is 15.5 Å². The predicted molar refractivity (Wildman–Crippen MR) is 113 cm³/mol. The topological polar surface area (TPSA) is 70.4 Å². The molecule has 0 radical (unpaired) electrons. The highest BCUT2D eigenvalue weighted by Gasteiger charge is 2.16. The van der Waals surface area contributed by atoms with Crippen LogP contribution in [0.1, 0.15) is 11.4 Å². The monoisotopic (exact) mass is 391 g/mol. The number of aromatic nitrogens is 4. The average molecular weight is 391 g/mol. The molecule has 3 aromatic heterocycles. The van der Waals surface area contributed by atoms with E-state index < -0.39 is 0 Å². The molecule has 0 bridgehead atoms. The minimum Gasteiger partial charge on any atom is -0.369 e. The van der Waals surface area contributed by atoms with Crippen molar-refractivity contribution in [2.75, 3.05) is 36.4 Å². The van der Waals surface area contributed by atoms with E-state index in [4.69, 9.17) is 0 Å². The minimum atomic E-state index is -0.289. The highest BCUT2D eigenvalue weighted by molar-refractivity contribution is 5.95. The molecular formula is C21H22FN7. The fourth-order valence-corrected chi connectivity index (χ4v) is 3.91. The number of aryl methyl sites for hydroxylation is 2. The standard InChI is InChI=1S/C21H22FN7/c1-13-11-29-12-18(26-14(2)21(29)25-13)27-20-19-15(3-4-24-20)9-16(10-17(19)22)28-7-5-23-6-8-28/h3-4,9-12,23H,5-8H2,1-2H3,(H,24,27). The van der Waals surface area contributed by atoms with Gasteiger partial charge in [0.05, 0.1) is 23.0 Å². The van der Waals surface area contributed by atoms with E-state index >= 15 is 4.39 Å². The zero-order chi connectivity index (χ0) is 20.0. The average Bonchev–Trinajstić information content (AvgIpc) is 3.09. The van der Waals surface area contributed by atoms with Crippen LogP contribution in [0.15, 0.2) is 36.8 Å². The lowest BCUT2D eigenvalue weighted by Crippen LogP contribution is -2.43. The highest BCUT2D eigenvalue weighted by Crippen LogP contribution is 2.31. The number of rotatable bonds is 3. The van der Waals surface area contributed by atoms with Gasteiger partial charge in [-0.2, -0.15) is 0 Å². The molecule has 4 heterocycles. The number of anilines is 3. The number of nitrogens with one attached hydrogen (secondary N) is 2. The maximum Gasteiger partial charge on any atom is 0.158 e. The smallest absolute Gasteiger partial charge is 0.158 e. The highest BCUT2D eigenvalue weighted by atomic mass is 19.1. The largest absolute Gasteiger partial charge is 0.369 e. The van der Waals surface area contributed by atoms with Crippen molar-refractivity contribution in [3.63, 3.8) is 0 Å². The van der Waals surface area contributed by atoms with Gasteiger partial charge < -0.3 is 19.9 Å². The molecule has 8 heteroatoms. The number of hydrogen-bond donors (Lipinski definition) is 2. The molecule has 29 heavy (non-hydrogen) atoms. The normalized spacial score (nSPS) is 14.7. The molecule has 0 atom stereocenters. The van der Waals surface area contributed by atoms with Gasteiger partial charge in [-0.25, -0.2) is 19.3 Å². The Morgan fingerprint density at radius 2 is 1.93 bits per heavy atom. The van der Waals surface area contributed by atoms with Crippen LogP contribution in [0.4, 0.5) is 21.7 Å². The summed E-state index contributed by atoms with van der Waals surface area (Å²) in [6.45, 7) is 7.40. The first kappa shape index (κ1) is 17.8. The van der Waals surface area contributed by atoms with Crippen molar-refractivity contribution in [2.45, 2.75) is 13.8 Å². The van der Waals surface area contributed by atoms with Crippen LogP contribution in [0.25, 0.3) is 16.4 Å². The lowest BCUT2D eigenvalue weighted by atomic mass is 10.1. The van der Waals surface area contributed by atoms with Crippen molar-refractivity contribution >= 4 is 33.7 Å². The molecule has 1 saturated heterocycles. The third-order valence-electron chi connectivity index (χ3n) is 5.25. The summed E-state index contributed by atoms with van der Waals surface area (Å²) in [6.07, 6.45) is 5.47. The number of nitrogens with zero attached hydrogens (tertiary/aromatic N) is 5. The van der Waals surface area contributed by atoms with Gasteiger partial charge in [-0.1, -0.05) is 0 Å². The van der Waals surface area contributed by atoms with E-state index in [9.17, 15) is 0 Å². The summed E-state index contributed by atoms with van der Waals surface area (Å²) < 4.78 is 17.1. The SMILES string of the molecule is Cc1cn2cc(Nc3nccc4cc(N5CCNCC5)cc(F)c34)nc(C)c2n1. The van der Waals surface area contributed by atoms with Gasteiger partial charge in [0, 0.05) is 44.3 Å². The molecule has 5 rings (SSSR count). The first-order valence-corrected chi connectivity index (χ1v) is 9.72. The fraction of sp³-hybridized carbons (Fsp3) is 0.286. The fourth-order valence-electron chi connectivity index (χ4n) is 3.91. The second kappa shape index (κ2) is 6.97. The van der Waals surface area contributed by atoms with Crippen LogP contribution in [-0.4, -0.2) is 45.5 Å². The second-order valence-electron chi connectivity index (χ2n) is 7.37. The van der Waals surface area contributed by atoms with Gasteiger partial charge in [-0.15, -0.1) is 0 Å². The number of halogens is 1. The van der Waals surface area contributed by atoms with Gasteiger partial charge in [0.25, 0.3) is 0 Å². The lowest BCUT2D eigenvalue weighted by molar-refractivity contribution is 0.586. The molecule has 148 valence electrons. The summed E-state index contributed by atoms with van der Waals surface area (Å²) in [5.41, 5.74) is 3.43. The zero-order valence-corrected chi connectivity index (χ0v) is 16.4. The molecule has 1 aliphatic heterocycles. The van der Waals surface area contributed by atoms with Crippen LogP contribution in [-0.2, 0) is 0 Å². The van der Waals surface area contributed by atoms with Crippen molar-refractivity contribution in [1.29, 1.82) is 0 Å². The van der Waals surface area contributed by atoms with E-state index in [1.165, 1.54) is 0 Å². The van der Waals surface area contributed by atoms with Gasteiger partial charge in [0.15, 0.2) is 5.65 Å². The van der Waals surface area contributed by atoms with E-state index in [-0.39, 0.29) is 5.82 Å². The Balaban J connectivity index is 1.55. The molecule has 1 aromatic carbocycles. The van der Waals surface area contributed by atoms with E-state index in [2.05, 4.69) is 30.5 Å². The molecule has 7 nitrogen and oxygen atoms in total. The number of pyridine rings is 1. The number of piperazine rings is 1. The van der Waals surface area contributed by atoms with Crippen LogP contribution in [0.2, 0.25) is 0 Å². The number of hydrogen-bond acceptors (Lipinski definition) is 6. The van der Waals surface area contributed by atoms with E-state index in [1.807, 2.05) is 42.8 Å². The maximum atomic E-state index is 15.1. The Morgan fingerprint density at radius 3 is 2.76 bits per heavy atom. The molecule has 1 fully saturated rings. The van der Waals surface area contributed by atoms with Crippen molar-refractivity contribution in [1.82, 2.24) is 24.7 Å². The first-order chi connectivity index (χ1) is 14.1. The molecule has 0 spiro atoms. The summed E-state index contributed by atoms with van der Waals surface area (Å²) in [4.78, 5) is 15.6. The zero-order valence-electron chi connectivity index (χ0n) is 16.4. The van der Waals surface area contributed by atoms with E-state index in [0.29, 0.717) is 17.0 Å². The molecule has 4 aromatic rings. The van der Waals surface area contributed by atoms with Crippen molar-refractivity contribution in [2.24, 2.45) is 0 Å². The molecule has 0 amide bonds. The third kappa shape index (κ3) is 3.25. The van der Waals surface area contributed by atoms with Crippen LogP contribution in [0, 0.1) is 19.7 Å². The first-order valence-electron chi connectivity index (χ1n) is 9.72. The number of imidazole rings is 1. The second-order valence-corrected chi connectivity index (χ2v) is 7.37. The van der Waals surface area contributed by atoms with Crippen molar-refractivity contribution in [3.05, 3.63) is 54.0 Å². The Bertz CT molecular complexity index is 1210. The molecule has 1 aliphatic rings. The predicted octanol–water partition coefficient (Wildman–Crippen LogP) is 3.19. The Labute approximate surface area is 167 Å². The summed E-state index contributed by atoms with van der Waals surface area (Å²) in [5, 5.41) is 7.79. The van der Waals surface area contributed by atoms with Gasteiger partial charge in [0.1, 0.15) is 17.5 Å². The summed E-state index contributed by atoms with van der Waals surface area (Å²) in [6, 6.07) is 5.47. The third-order valence-corrected chi connectivity index (χ3v) is 5.25. The van der Waals surface area contributed by atoms with Gasteiger partial charge in [-0.05, 0) is 37.4 Å². The van der Waals surface area contributed by atoms with Gasteiger partial charge in [0.2, 0.25) is 0 Å². The molecule has 0 saturated carbocycles. The number of fused-ring (bicyclic) bond motifs is 2. The summed E-state index contributed by atoms with van der Waals surface area (Å²) in [7, 11) is 0. The van der Waals surface area contributed by atoms with Crippen LogP contribution >= 0.6 is 0 Å². The van der Waals surface area contributed by atoms with Gasteiger partial charge >= 0.3 is 0 Å². The van der Waals surface area contributed by atoms with Gasteiger partial charge in [-0.3, -0.25) is 0 Å². The minimum absolute atomic E-state index is 0.289. The molecular weight excluding hydrogens is 369 g/mol. The quantitative estimate of drug-likeness (QED) is 0.559. The maximum absolute atomic E-state index is 15.1. The molecule has 0 aliphatic carbocycles. The van der Waals surface area contributed by atoms with Crippen molar-refractivity contribution in [3.8, 4) is 0 Å². The lowest BCUT2D eigenvalue weighted by Gasteiger charge is -2.29. The van der Waals surface area contributed by atoms with Crippen LogP contribution in [0.3, 0.4) is 0 Å². The summed E-state index contributed by atoms with van der Waals surface area (Å²) in [5.74, 6) is 0.760. The van der Waals surface area contributed by atoms with Crippen LogP contribution in [0.5, 0.6) is 0 Å². The Kier molecular flexibility index (Phi) is 4.28. The van der Waals surface area contributed by atoms with Crippen molar-refractivity contribution < 1.29 is 4.39 Å².